The zero-order valence-corrected chi connectivity index (χ0v) is 16.3. The summed E-state index contributed by atoms with van der Waals surface area (Å²) in [6, 6.07) is 14.2. The summed E-state index contributed by atoms with van der Waals surface area (Å²) in [5.41, 5.74) is 4.91. The molecule has 6 nitrogen and oxygen atoms in total. The number of carbonyl (C=O) groups is 2. The smallest absolute Gasteiger partial charge is 0.259 e. The molecule has 27 heavy (non-hydrogen) atoms. The lowest BCUT2D eigenvalue weighted by atomic mass is 10.1. The van der Waals surface area contributed by atoms with Crippen molar-refractivity contribution in [1.82, 2.24) is 10.3 Å². The molecule has 0 saturated heterocycles. The van der Waals surface area contributed by atoms with Crippen molar-refractivity contribution >= 4 is 29.1 Å². The third-order valence-corrected chi connectivity index (χ3v) is 4.01. The Bertz CT molecular complexity index is 815. The number of nitrogens with one attached hydrogen (secondary N) is 1. The number of rotatable bonds is 7. The molecule has 0 bridgehead atoms. The number of likely N-dealkylation sites (N-methyl/N-ethyl adjacent to an activating group) is 1. The maximum atomic E-state index is 12.0. The SMILES string of the molecule is C/C(=N\NC(=O)Cc1ccc(Cl)cc1)c1ccc(OCC(=O)N(C)C)cc1. The molecule has 0 spiro atoms. The fraction of sp³-hybridized carbons (Fsp3) is 0.250. The number of ether oxygens (including phenoxy) is 1. The Kier molecular flexibility index (Phi) is 7.37. The third-order valence-electron chi connectivity index (χ3n) is 3.76. The molecule has 0 aliphatic carbocycles. The van der Waals surface area contributed by atoms with Crippen LogP contribution < -0.4 is 10.2 Å². The van der Waals surface area contributed by atoms with Crippen molar-refractivity contribution < 1.29 is 14.3 Å². The summed E-state index contributed by atoms with van der Waals surface area (Å²) in [6.45, 7) is 1.79. The Balaban J connectivity index is 1.88. The van der Waals surface area contributed by atoms with Crippen molar-refractivity contribution in [3.63, 3.8) is 0 Å². The number of carbonyl (C=O) groups excluding carboxylic acids is 2. The lowest BCUT2D eigenvalue weighted by molar-refractivity contribution is -0.130. The Morgan fingerprint density at radius 2 is 1.70 bits per heavy atom. The molecule has 1 N–H and O–H groups in total. The highest BCUT2D eigenvalue weighted by molar-refractivity contribution is 6.30. The van der Waals surface area contributed by atoms with Gasteiger partial charge in [0, 0.05) is 19.1 Å². The number of hydrazone groups is 1. The van der Waals surface area contributed by atoms with E-state index in [1.807, 2.05) is 12.1 Å². The maximum Gasteiger partial charge on any atom is 0.259 e. The quantitative estimate of drug-likeness (QED) is 0.586. The van der Waals surface area contributed by atoms with E-state index in [2.05, 4.69) is 10.5 Å². The number of benzene rings is 2. The summed E-state index contributed by atoms with van der Waals surface area (Å²) < 4.78 is 5.43. The summed E-state index contributed by atoms with van der Waals surface area (Å²) in [7, 11) is 3.35. The van der Waals surface area contributed by atoms with Crippen molar-refractivity contribution in [3.05, 3.63) is 64.7 Å². The van der Waals surface area contributed by atoms with Crippen molar-refractivity contribution in [1.29, 1.82) is 0 Å². The highest BCUT2D eigenvalue weighted by Gasteiger charge is 2.06. The molecular weight excluding hydrogens is 366 g/mol. The topological polar surface area (TPSA) is 71.0 Å². The molecule has 2 aromatic carbocycles. The molecule has 2 amide bonds. The number of halogens is 1. The first-order valence-electron chi connectivity index (χ1n) is 8.36. The van der Waals surface area contributed by atoms with Gasteiger partial charge in [-0.2, -0.15) is 5.10 Å². The number of amides is 2. The van der Waals surface area contributed by atoms with E-state index in [0.29, 0.717) is 16.5 Å². The summed E-state index contributed by atoms with van der Waals surface area (Å²) >= 11 is 5.83. The summed E-state index contributed by atoms with van der Waals surface area (Å²) in [5, 5.41) is 4.76. The second kappa shape index (κ2) is 9.73. The third kappa shape index (κ3) is 6.75. The van der Waals surface area contributed by atoms with Crippen LogP contribution in [0.3, 0.4) is 0 Å². The van der Waals surface area contributed by atoms with E-state index in [-0.39, 0.29) is 24.8 Å². The van der Waals surface area contributed by atoms with Gasteiger partial charge in [-0.25, -0.2) is 5.43 Å². The van der Waals surface area contributed by atoms with Crippen LogP contribution >= 0.6 is 11.6 Å². The molecule has 2 rings (SSSR count). The predicted octanol–water partition coefficient (Wildman–Crippen LogP) is 2.89. The van der Waals surface area contributed by atoms with Crippen LogP contribution in [0.4, 0.5) is 0 Å². The van der Waals surface area contributed by atoms with Crippen LogP contribution in [0.1, 0.15) is 18.1 Å². The highest BCUT2D eigenvalue weighted by atomic mass is 35.5. The van der Waals surface area contributed by atoms with Gasteiger partial charge in [0.05, 0.1) is 12.1 Å². The number of nitrogens with zero attached hydrogens (tertiary/aromatic N) is 2. The average molecular weight is 388 g/mol. The molecule has 0 aliphatic rings. The van der Waals surface area contributed by atoms with Crippen LogP contribution in [0.2, 0.25) is 5.02 Å². The van der Waals surface area contributed by atoms with Gasteiger partial charge in [-0.05, 0) is 54.4 Å². The molecule has 0 fully saturated rings. The van der Waals surface area contributed by atoms with Crippen molar-refractivity contribution in [2.24, 2.45) is 5.10 Å². The van der Waals surface area contributed by atoms with Crippen LogP contribution in [0.5, 0.6) is 5.75 Å². The van der Waals surface area contributed by atoms with Crippen LogP contribution in [-0.4, -0.2) is 43.1 Å². The van der Waals surface area contributed by atoms with Gasteiger partial charge in [-0.3, -0.25) is 9.59 Å². The molecular formula is C20H22ClN3O3. The average Bonchev–Trinajstić information content (AvgIpc) is 2.66. The minimum absolute atomic E-state index is 0.0137. The fourth-order valence-corrected chi connectivity index (χ4v) is 2.23. The second-order valence-electron chi connectivity index (χ2n) is 6.14. The molecule has 0 saturated carbocycles. The van der Waals surface area contributed by atoms with Gasteiger partial charge < -0.3 is 9.64 Å². The second-order valence-corrected chi connectivity index (χ2v) is 6.57. The number of hydrogen-bond donors (Lipinski definition) is 1. The first kappa shape index (κ1) is 20.5. The molecule has 0 unspecified atom stereocenters. The monoisotopic (exact) mass is 387 g/mol. The number of hydrogen-bond acceptors (Lipinski definition) is 4. The van der Waals surface area contributed by atoms with Gasteiger partial charge >= 0.3 is 0 Å². The molecule has 0 aliphatic heterocycles. The van der Waals surface area contributed by atoms with Gasteiger partial charge in [0.25, 0.3) is 5.91 Å². The summed E-state index contributed by atoms with van der Waals surface area (Å²) in [4.78, 5) is 25.0. The van der Waals surface area contributed by atoms with Crippen LogP contribution in [0, 0.1) is 0 Å². The normalized spacial score (nSPS) is 11.0. The van der Waals surface area contributed by atoms with Crippen molar-refractivity contribution in [2.75, 3.05) is 20.7 Å². The van der Waals surface area contributed by atoms with Crippen molar-refractivity contribution in [3.8, 4) is 5.75 Å². The van der Waals surface area contributed by atoms with Crippen LogP contribution in [-0.2, 0) is 16.0 Å². The zero-order chi connectivity index (χ0) is 19.8. The molecule has 0 radical (unpaired) electrons. The first-order valence-corrected chi connectivity index (χ1v) is 8.74. The van der Waals surface area contributed by atoms with E-state index in [4.69, 9.17) is 16.3 Å². The van der Waals surface area contributed by atoms with Crippen LogP contribution in [0.25, 0.3) is 0 Å². The lowest BCUT2D eigenvalue weighted by Crippen LogP contribution is -2.27. The van der Waals surface area contributed by atoms with E-state index >= 15 is 0 Å². The molecule has 0 aromatic heterocycles. The highest BCUT2D eigenvalue weighted by Crippen LogP contribution is 2.13. The molecule has 142 valence electrons. The largest absolute Gasteiger partial charge is 0.484 e. The summed E-state index contributed by atoms with van der Waals surface area (Å²) in [6.07, 6.45) is 0.223. The minimum Gasteiger partial charge on any atom is -0.484 e. The minimum atomic E-state index is -0.209. The van der Waals surface area contributed by atoms with Gasteiger partial charge in [-0.1, -0.05) is 23.7 Å². The molecule has 7 heteroatoms. The Hall–Kier alpha value is -2.86. The van der Waals surface area contributed by atoms with E-state index in [1.165, 1.54) is 4.90 Å². The summed E-state index contributed by atoms with van der Waals surface area (Å²) in [5.74, 6) is 0.271. The Morgan fingerprint density at radius 1 is 1.07 bits per heavy atom. The zero-order valence-electron chi connectivity index (χ0n) is 15.5. The molecule has 0 atom stereocenters. The van der Waals surface area contributed by atoms with E-state index < -0.39 is 0 Å². The fourth-order valence-electron chi connectivity index (χ4n) is 2.10. The first-order chi connectivity index (χ1) is 12.8. The van der Waals surface area contributed by atoms with Gasteiger partial charge in [0.15, 0.2) is 6.61 Å². The van der Waals surface area contributed by atoms with E-state index in [0.717, 1.165) is 11.1 Å². The Morgan fingerprint density at radius 3 is 2.30 bits per heavy atom. The molecule has 0 heterocycles. The predicted molar refractivity (Wildman–Crippen MR) is 106 cm³/mol. The lowest BCUT2D eigenvalue weighted by Gasteiger charge is -2.11. The van der Waals surface area contributed by atoms with E-state index in [1.54, 1.807) is 57.4 Å². The standard InChI is InChI=1S/C20H22ClN3O3/c1-14(22-23-19(25)12-15-4-8-17(21)9-5-15)16-6-10-18(11-7-16)27-13-20(26)24(2)3/h4-11H,12-13H2,1-3H3,(H,23,25)/b22-14+. The van der Waals surface area contributed by atoms with Gasteiger partial charge in [0.2, 0.25) is 5.91 Å². The Labute approximate surface area is 163 Å². The van der Waals surface area contributed by atoms with Gasteiger partial charge in [-0.15, -0.1) is 0 Å². The van der Waals surface area contributed by atoms with E-state index in [9.17, 15) is 9.59 Å². The van der Waals surface area contributed by atoms with Crippen molar-refractivity contribution in [2.45, 2.75) is 13.3 Å². The maximum absolute atomic E-state index is 12.0. The van der Waals surface area contributed by atoms with Gasteiger partial charge in [0.1, 0.15) is 5.75 Å². The van der Waals surface area contributed by atoms with Crippen LogP contribution in [0.15, 0.2) is 53.6 Å². The molecule has 2 aromatic rings.